The molecule has 2 aromatic carbocycles. The van der Waals surface area contributed by atoms with Crippen LogP contribution in [-0.4, -0.2) is 10.7 Å². The number of nitro groups is 1. The third-order valence-corrected chi connectivity index (χ3v) is 5.68. The van der Waals surface area contributed by atoms with E-state index in [1.54, 1.807) is 30.3 Å². The van der Waals surface area contributed by atoms with Crippen LogP contribution in [0.25, 0.3) is 0 Å². The number of ether oxygens (including phenoxy) is 2. The first-order valence-corrected chi connectivity index (χ1v) is 10.3. The fourth-order valence-corrected chi connectivity index (χ4v) is 4.04. The molecule has 0 saturated carbocycles. The second-order valence-corrected chi connectivity index (χ2v) is 7.87. The molecule has 2 N–H and O–H groups in total. The Bertz CT molecular complexity index is 1210. The number of allylic oxidation sites excluding steroid dienone is 3. The average molecular weight is 452 g/mol. The minimum absolute atomic E-state index is 0.0585. The van der Waals surface area contributed by atoms with Crippen LogP contribution >= 0.6 is 11.6 Å². The molecular formula is C23H18ClN3O5. The summed E-state index contributed by atoms with van der Waals surface area (Å²) in [6, 6.07) is 13.3. The number of rotatable bonds is 5. The first-order valence-electron chi connectivity index (χ1n) is 9.88. The zero-order valence-electron chi connectivity index (χ0n) is 16.8. The zero-order chi connectivity index (χ0) is 22.8. The lowest BCUT2D eigenvalue weighted by Gasteiger charge is -2.30. The van der Waals surface area contributed by atoms with E-state index in [2.05, 4.69) is 0 Å². The molecule has 2 aromatic rings. The maximum Gasteiger partial charge on any atom is 0.311 e. The first kappa shape index (κ1) is 21.4. The summed E-state index contributed by atoms with van der Waals surface area (Å²) < 4.78 is 11.2. The summed E-state index contributed by atoms with van der Waals surface area (Å²) in [4.78, 5) is 23.9. The van der Waals surface area contributed by atoms with E-state index in [0.29, 0.717) is 41.2 Å². The Morgan fingerprint density at radius 3 is 2.69 bits per heavy atom. The van der Waals surface area contributed by atoms with Crippen molar-refractivity contribution >= 4 is 23.1 Å². The molecule has 8 nitrogen and oxygen atoms in total. The number of carbonyl (C=O) groups is 1. The Labute approximate surface area is 188 Å². The molecule has 0 saturated heterocycles. The van der Waals surface area contributed by atoms with Crippen molar-refractivity contribution in [3.05, 3.63) is 91.5 Å². The summed E-state index contributed by atoms with van der Waals surface area (Å²) >= 11 is 5.88. The average Bonchev–Trinajstić information content (AvgIpc) is 2.78. The van der Waals surface area contributed by atoms with Gasteiger partial charge in [0.15, 0.2) is 11.5 Å². The van der Waals surface area contributed by atoms with Crippen molar-refractivity contribution < 1.29 is 19.2 Å². The summed E-state index contributed by atoms with van der Waals surface area (Å²) in [5, 5.41) is 22.0. The van der Waals surface area contributed by atoms with Gasteiger partial charge in [0, 0.05) is 29.5 Å². The topological polar surface area (TPSA) is 128 Å². The second kappa shape index (κ2) is 8.73. The molecule has 1 aliphatic carbocycles. The van der Waals surface area contributed by atoms with Gasteiger partial charge in [0.25, 0.3) is 0 Å². The molecule has 0 aromatic heterocycles. The van der Waals surface area contributed by atoms with Gasteiger partial charge in [0.05, 0.1) is 10.8 Å². The van der Waals surface area contributed by atoms with Crippen LogP contribution in [0.3, 0.4) is 0 Å². The number of hydrogen-bond donors (Lipinski definition) is 1. The summed E-state index contributed by atoms with van der Waals surface area (Å²) in [5.41, 5.74) is 7.26. The van der Waals surface area contributed by atoms with Crippen LogP contribution in [0.5, 0.6) is 5.75 Å². The van der Waals surface area contributed by atoms with E-state index in [1.807, 2.05) is 6.07 Å². The predicted octanol–water partition coefficient (Wildman–Crippen LogP) is 4.64. The molecule has 162 valence electrons. The number of hydrogen-bond acceptors (Lipinski definition) is 7. The van der Waals surface area contributed by atoms with Crippen LogP contribution < -0.4 is 10.5 Å². The van der Waals surface area contributed by atoms with Gasteiger partial charge in [0.2, 0.25) is 5.88 Å². The highest BCUT2D eigenvalue weighted by molar-refractivity contribution is 6.30. The number of benzene rings is 2. The molecule has 0 fully saturated rings. The molecule has 0 amide bonds. The number of nitro benzene ring substituents is 1. The van der Waals surface area contributed by atoms with Crippen LogP contribution in [0.15, 0.2) is 65.3 Å². The lowest BCUT2D eigenvalue weighted by Crippen LogP contribution is -2.27. The fraction of sp³-hybridized carbons (Fsp3) is 0.217. The van der Waals surface area contributed by atoms with Crippen LogP contribution in [-0.2, 0) is 16.1 Å². The molecule has 0 unspecified atom stereocenters. The number of nitriles is 1. The maximum atomic E-state index is 12.7. The van der Waals surface area contributed by atoms with Crippen LogP contribution in [0, 0.1) is 21.4 Å². The SMILES string of the molecule is N#CC1=C(N)OC2=C(C(=O)CCC2)[C@H]1c1ccc(OCc2ccc(Cl)cc2)c([N+](=O)[O-])c1. The Morgan fingerprint density at radius 1 is 1.25 bits per heavy atom. The normalized spacial score (nSPS) is 18.0. The van der Waals surface area contributed by atoms with Crippen molar-refractivity contribution in [3.63, 3.8) is 0 Å². The molecule has 9 heteroatoms. The quantitative estimate of drug-likeness (QED) is 0.517. The van der Waals surface area contributed by atoms with Crippen molar-refractivity contribution in [2.75, 3.05) is 0 Å². The Hall–Kier alpha value is -3.83. The number of carbonyl (C=O) groups excluding carboxylic acids is 1. The van der Waals surface area contributed by atoms with Crippen molar-refractivity contribution in [1.82, 2.24) is 0 Å². The standard InChI is InChI=1S/C23H18ClN3O5/c24-15-7-4-13(5-8-15)12-31-19-9-6-14(10-17(19)27(29)30)21-16(11-25)23(26)32-20-3-1-2-18(28)22(20)21/h4-10,21H,1-3,12,26H2/t21-/m0/s1. The molecule has 32 heavy (non-hydrogen) atoms. The van der Waals surface area contributed by atoms with Gasteiger partial charge in [0.1, 0.15) is 24.0 Å². The Morgan fingerprint density at radius 2 is 2.00 bits per heavy atom. The predicted molar refractivity (Wildman–Crippen MR) is 115 cm³/mol. The van der Waals surface area contributed by atoms with Crippen LogP contribution in [0.2, 0.25) is 5.02 Å². The highest BCUT2D eigenvalue weighted by Gasteiger charge is 2.38. The van der Waals surface area contributed by atoms with Gasteiger partial charge in [-0.3, -0.25) is 14.9 Å². The lowest BCUT2D eigenvalue weighted by molar-refractivity contribution is -0.386. The summed E-state index contributed by atoms with van der Waals surface area (Å²) in [5.74, 6) is -0.562. The highest BCUT2D eigenvalue weighted by Crippen LogP contribution is 2.45. The second-order valence-electron chi connectivity index (χ2n) is 7.44. The third kappa shape index (κ3) is 4.03. The third-order valence-electron chi connectivity index (χ3n) is 5.43. The zero-order valence-corrected chi connectivity index (χ0v) is 17.6. The summed E-state index contributed by atoms with van der Waals surface area (Å²) in [6.07, 6.45) is 1.46. The van der Waals surface area contributed by atoms with Crippen molar-refractivity contribution in [3.8, 4) is 11.8 Å². The van der Waals surface area contributed by atoms with E-state index in [1.165, 1.54) is 12.1 Å². The smallest absolute Gasteiger partial charge is 0.311 e. The van der Waals surface area contributed by atoms with Gasteiger partial charge in [-0.25, -0.2) is 0 Å². The van der Waals surface area contributed by atoms with Crippen molar-refractivity contribution in [2.45, 2.75) is 31.8 Å². The number of ketones is 1. The first-order chi connectivity index (χ1) is 15.4. The molecule has 0 radical (unpaired) electrons. The monoisotopic (exact) mass is 451 g/mol. The minimum Gasteiger partial charge on any atom is -0.482 e. The molecule has 1 atom stereocenters. The van der Waals surface area contributed by atoms with E-state index < -0.39 is 10.8 Å². The lowest BCUT2D eigenvalue weighted by atomic mass is 9.77. The number of nitrogens with zero attached hydrogens (tertiary/aromatic N) is 2. The molecule has 0 bridgehead atoms. The molecular weight excluding hydrogens is 434 g/mol. The van der Waals surface area contributed by atoms with Crippen molar-refractivity contribution in [1.29, 1.82) is 5.26 Å². The molecule has 4 rings (SSSR count). The number of Topliss-reactive ketones (excluding diaryl/α,β-unsaturated/α-hetero) is 1. The van der Waals surface area contributed by atoms with E-state index in [-0.39, 0.29) is 35.3 Å². The van der Waals surface area contributed by atoms with Gasteiger partial charge in [-0.05, 0) is 35.7 Å². The minimum atomic E-state index is -0.819. The maximum absolute atomic E-state index is 12.7. The van der Waals surface area contributed by atoms with Gasteiger partial charge < -0.3 is 15.2 Å². The van der Waals surface area contributed by atoms with Gasteiger partial charge >= 0.3 is 5.69 Å². The molecule has 1 aliphatic heterocycles. The van der Waals surface area contributed by atoms with Gasteiger partial charge in [-0.2, -0.15) is 5.26 Å². The summed E-state index contributed by atoms with van der Waals surface area (Å²) in [6.45, 7) is 0.110. The highest BCUT2D eigenvalue weighted by atomic mass is 35.5. The number of nitrogens with two attached hydrogens (primary N) is 1. The Kier molecular flexibility index (Phi) is 5.84. The van der Waals surface area contributed by atoms with Gasteiger partial charge in [-0.1, -0.05) is 29.8 Å². The molecule has 1 heterocycles. The summed E-state index contributed by atoms with van der Waals surface area (Å²) in [7, 11) is 0. The van der Waals surface area contributed by atoms with E-state index in [9.17, 15) is 20.2 Å². The Balaban J connectivity index is 1.72. The van der Waals surface area contributed by atoms with E-state index in [4.69, 9.17) is 26.8 Å². The van der Waals surface area contributed by atoms with Crippen LogP contribution in [0.4, 0.5) is 5.69 Å². The van der Waals surface area contributed by atoms with E-state index in [0.717, 1.165) is 5.56 Å². The molecule has 0 spiro atoms. The number of halogens is 1. The fourth-order valence-electron chi connectivity index (χ4n) is 3.91. The molecule has 2 aliphatic rings. The largest absolute Gasteiger partial charge is 0.482 e. The van der Waals surface area contributed by atoms with E-state index >= 15 is 0 Å². The van der Waals surface area contributed by atoms with Crippen molar-refractivity contribution in [2.24, 2.45) is 5.73 Å². The van der Waals surface area contributed by atoms with Crippen LogP contribution in [0.1, 0.15) is 36.3 Å². The van der Waals surface area contributed by atoms with Gasteiger partial charge in [-0.15, -0.1) is 0 Å².